The number of hydrogen-bond donors (Lipinski definition) is 1. The molecule has 1 aliphatic heterocycles. The van der Waals surface area contributed by atoms with Gasteiger partial charge in [-0.25, -0.2) is 4.39 Å². The van der Waals surface area contributed by atoms with Gasteiger partial charge in [0.1, 0.15) is 11.6 Å². The van der Waals surface area contributed by atoms with Gasteiger partial charge in [-0.2, -0.15) is 0 Å². The Hall–Kier alpha value is -2.93. The predicted octanol–water partition coefficient (Wildman–Crippen LogP) is 2.76. The lowest BCUT2D eigenvalue weighted by Gasteiger charge is -2.30. The van der Waals surface area contributed by atoms with E-state index in [0.717, 1.165) is 13.0 Å². The summed E-state index contributed by atoms with van der Waals surface area (Å²) in [7, 11) is 3.96. The molecule has 0 aromatic heterocycles. The molecule has 0 aliphatic carbocycles. The van der Waals surface area contributed by atoms with Gasteiger partial charge in [-0.05, 0) is 57.4 Å². The number of nitrogens with one attached hydrogen (secondary N) is 1. The van der Waals surface area contributed by atoms with Crippen molar-refractivity contribution in [2.45, 2.75) is 6.42 Å². The second-order valence-electron chi connectivity index (χ2n) is 6.61. The van der Waals surface area contributed by atoms with E-state index >= 15 is 0 Å². The van der Waals surface area contributed by atoms with Crippen LogP contribution in [0.2, 0.25) is 0 Å². The number of amides is 2. The topological polar surface area (TPSA) is 61.9 Å². The monoisotopic (exact) mass is 371 g/mol. The Kier molecular flexibility index (Phi) is 5.71. The SMILES string of the molecule is CN(C)CCCN1C(=O)COc2ccc(NC(=O)c3ccccc3F)cc21. The summed E-state index contributed by atoms with van der Waals surface area (Å²) in [5.41, 5.74) is 1.04. The van der Waals surface area contributed by atoms with Crippen LogP contribution in [0.3, 0.4) is 0 Å². The van der Waals surface area contributed by atoms with Gasteiger partial charge in [0, 0.05) is 12.2 Å². The number of rotatable bonds is 6. The highest BCUT2D eigenvalue weighted by Crippen LogP contribution is 2.34. The van der Waals surface area contributed by atoms with Crippen LogP contribution < -0.4 is 15.0 Å². The molecule has 1 N–H and O–H groups in total. The van der Waals surface area contributed by atoms with Gasteiger partial charge >= 0.3 is 0 Å². The Morgan fingerprint density at radius 1 is 1.26 bits per heavy atom. The van der Waals surface area contributed by atoms with Crippen LogP contribution in [-0.4, -0.2) is 50.5 Å². The second kappa shape index (κ2) is 8.18. The maximum Gasteiger partial charge on any atom is 0.265 e. The van der Waals surface area contributed by atoms with Gasteiger partial charge in [0.2, 0.25) is 0 Å². The Morgan fingerprint density at radius 3 is 2.78 bits per heavy atom. The number of ether oxygens (including phenoxy) is 1. The van der Waals surface area contributed by atoms with Crippen LogP contribution in [0, 0.1) is 5.82 Å². The number of fused-ring (bicyclic) bond motifs is 1. The molecule has 7 heteroatoms. The van der Waals surface area contributed by atoms with E-state index in [4.69, 9.17) is 4.74 Å². The van der Waals surface area contributed by atoms with Gasteiger partial charge in [-0.3, -0.25) is 9.59 Å². The van der Waals surface area contributed by atoms with Crippen LogP contribution >= 0.6 is 0 Å². The van der Waals surface area contributed by atoms with Gasteiger partial charge in [0.15, 0.2) is 6.61 Å². The average molecular weight is 371 g/mol. The van der Waals surface area contributed by atoms with Crippen LogP contribution in [0.1, 0.15) is 16.8 Å². The third kappa shape index (κ3) is 4.43. The van der Waals surface area contributed by atoms with E-state index in [2.05, 4.69) is 10.2 Å². The molecule has 2 amide bonds. The van der Waals surface area contributed by atoms with E-state index in [1.807, 2.05) is 14.1 Å². The summed E-state index contributed by atoms with van der Waals surface area (Å²) in [6, 6.07) is 10.8. The lowest BCUT2D eigenvalue weighted by Crippen LogP contribution is -2.40. The molecule has 1 aliphatic rings. The standard InChI is InChI=1S/C20H22FN3O3/c1-23(2)10-5-11-24-17-12-14(8-9-18(17)27-13-19(24)25)22-20(26)15-6-3-4-7-16(15)21/h3-4,6-9,12H,5,10-11,13H2,1-2H3,(H,22,26). The van der Waals surface area contributed by atoms with Gasteiger partial charge in [-0.1, -0.05) is 12.1 Å². The molecule has 0 spiro atoms. The summed E-state index contributed by atoms with van der Waals surface area (Å²) in [6.07, 6.45) is 0.810. The van der Waals surface area contributed by atoms with E-state index in [0.29, 0.717) is 23.7 Å². The number of halogens is 1. The second-order valence-corrected chi connectivity index (χ2v) is 6.61. The molecule has 0 saturated heterocycles. The fraction of sp³-hybridized carbons (Fsp3) is 0.300. The number of anilines is 2. The van der Waals surface area contributed by atoms with Crippen molar-refractivity contribution >= 4 is 23.2 Å². The predicted molar refractivity (Wildman–Crippen MR) is 102 cm³/mol. The van der Waals surface area contributed by atoms with Crippen molar-refractivity contribution in [1.82, 2.24) is 4.90 Å². The van der Waals surface area contributed by atoms with E-state index in [9.17, 15) is 14.0 Å². The third-order valence-corrected chi connectivity index (χ3v) is 4.27. The molecule has 0 bridgehead atoms. The summed E-state index contributed by atoms with van der Waals surface area (Å²) in [5.74, 6) is -0.672. The molecule has 0 saturated carbocycles. The molecule has 2 aromatic carbocycles. The normalized spacial score (nSPS) is 13.3. The number of hydrogen-bond acceptors (Lipinski definition) is 4. The Labute approximate surface area is 157 Å². The zero-order chi connectivity index (χ0) is 19.4. The smallest absolute Gasteiger partial charge is 0.265 e. The van der Waals surface area contributed by atoms with E-state index in [1.165, 1.54) is 18.2 Å². The first-order valence-corrected chi connectivity index (χ1v) is 8.73. The third-order valence-electron chi connectivity index (χ3n) is 4.27. The molecule has 6 nitrogen and oxygen atoms in total. The first kappa shape index (κ1) is 18.8. The minimum atomic E-state index is -0.586. The molecule has 0 fully saturated rings. The van der Waals surface area contributed by atoms with Crippen molar-refractivity contribution in [3.63, 3.8) is 0 Å². The number of benzene rings is 2. The number of carbonyl (C=O) groups is 2. The van der Waals surface area contributed by atoms with Crippen LogP contribution in [0.4, 0.5) is 15.8 Å². The molecule has 27 heavy (non-hydrogen) atoms. The minimum Gasteiger partial charge on any atom is -0.482 e. The van der Waals surface area contributed by atoms with Crippen molar-refractivity contribution in [3.05, 3.63) is 53.8 Å². The number of nitrogens with zero attached hydrogens (tertiary/aromatic N) is 2. The highest BCUT2D eigenvalue weighted by molar-refractivity contribution is 6.05. The van der Waals surface area contributed by atoms with Gasteiger partial charge < -0.3 is 19.9 Å². The first-order valence-electron chi connectivity index (χ1n) is 8.73. The largest absolute Gasteiger partial charge is 0.482 e. The summed E-state index contributed by atoms with van der Waals surface area (Å²) in [5, 5.41) is 2.68. The maximum absolute atomic E-state index is 13.8. The molecular weight excluding hydrogens is 349 g/mol. The van der Waals surface area contributed by atoms with Crippen LogP contribution in [0.25, 0.3) is 0 Å². The summed E-state index contributed by atoms with van der Waals surface area (Å²) in [6.45, 7) is 1.40. The fourth-order valence-corrected chi connectivity index (χ4v) is 2.91. The Bertz CT molecular complexity index is 854. The summed E-state index contributed by atoms with van der Waals surface area (Å²) < 4.78 is 19.3. The lowest BCUT2D eigenvalue weighted by molar-refractivity contribution is -0.121. The first-order chi connectivity index (χ1) is 13.0. The molecule has 0 radical (unpaired) electrons. The van der Waals surface area contributed by atoms with Gasteiger partial charge in [0.25, 0.3) is 11.8 Å². The highest BCUT2D eigenvalue weighted by Gasteiger charge is 2.25. The molecular formula is C20H22FN3O3. The molecule has 2 aromatic rings. The Balaban J connectivity index is 1.79. The minimum absolute atomic E-state index is 0.00407. The zero-order valence-corrected chi connectivity index (χ0v) is 15.4. The molecule has 3 rings (SSSR count). The number of carbonyl (C=O) groups excluding carboxylic acids is 2. The zero-order valence-electron chi connectivity index (χ0n) is 15.4. The van der Waals surface area contributed by atoms with Gasteiger partial charge in [-0.15, -0.1) is 0 Å². The summed E-state index contributed by atoms with van der Waals surface area (Å²) >= 11 is 0. The van der Waals surface area contributed by atoms with Crippen molar-refractivity contribution in [2.24, 2.45) is 0 Å². The van der Waals surface area contributed by atoms with Crippen molar-refractivity contribution in [2.75, 3.05) is 44.0 Å². The molecule has 0 atom stereocenters. The Morgan fingerprint density at radius 2 is 2.04 bits per heavy atom. The van der Waals surface area contributed by atoms with Crippen molar-refractivity contribution < 1.29 is 18.7 Å². The van der Waals surface area contributed by atoms with E-state index in [1.54, 1.807) is 29.2 Å². The van der Waals surface area contributed by atoms with Crippen molar-refractivity contribution in [1.29, 1.82) is 0 Å². The van der Waals surface area contributed by atoms with E-state index < -0.39 is 11.7 Å². The molecule has 142 valence electrons. The van der Waals surface area contributed by atoms with Gasteiger partial charge in [0.05, 0.1) is 11.3 Å². The van der Waals surface area contributed by atoms with Crippen LogP contribution in [-0.2, 0) is 4.79 Å². The fourth-order valence-electron chi connectivity index (χ4n) is 2.91. The molecule has 0 unspecified atom stereocenters. The van der Waals surface area contributed by atoms with Crippen LogP contribution in [0.5, 0.6) is 5.75 Å². The highest BCUT2D eigenvalue weighted by atomic mass is 19.1. The maximum atomic E-state index is 13.8. The summed E-state index contributed by atoms with van der Waals surface area (Å²) in [4.78, 5) is 28.3. The van der Waals surface area contributed by atoms with Crippen molar-refractivity contribution in [3.8, 4) is 5.75 Å². The lowest BCUT2D eigenvalue weighted by atomic mass is 10.1. The quantitative estimate of drug-likeness (QED) is 0.848. The molecule has 1 heterocycles. The average Bonchev–Trinajstić information content (AvgIpc) is 2.63. The van der Waals surface area contributed by atoms with Crippen LogP contribution in [0.15, 0.2) is 42.5 Å². The van der Waals surface area contributed by atoms with E-state index in [-0.39, 0.29) is 18.1 Å².